The Morgan fingerprint density at radius 1 is 1.26 bits per heavy atom. The average Bonchev–Trinajstić information content (AvgIpc) is 3.23. The molecule has 0 saturated carbocycles. The molecule has 1 aliphatic rings. The van der Waals surface area contributed by atoms with Gasteiger partial charge in [0.2, 0.25) is 15.9 Å². The van der Waals surface area contributed by atoms with Gasteiger partial charge in [-0.2, -0.15) is 4.31 Å². The zero-order valence-corrected chi connectivity index (χ0v) is 15.2. The van der Waals surface area contributed by atoms with E-state index in [4.69, 9.17) is 4.52 Å². The van der Waals surface area contributed by atoms with Gasteiger partial charge in [-0.25, -0.2) is 21.6 Å². The quantitative estimate of drug-likeness (QED) is 0.792. The summed E-state index contributed by atoms with van der Waals surface area (Å²) in [6.07, 6.45) is 0.598. The lowest BCUT2D eigenvalue weighted by molar-refractivity contribution is -0.119. The summed E-state index contributed by atoms with van der Waals surface area (Å²) in [6, 6.07) is 0.408. The van der Waals surface area contributed by atoms with E-state index < -0.39 is 45.1 Å². The van der Waals surface area contributed by atoms with Crippen LogP contribution in [0.2, 0.25) is 0 Å². The fourth-order valence-electron chi connectivity index (χ4n) is 3.09. The summed E-state index contributed by atoms with van der Waals surface area (Å²) in [6.45, 7) is 2.98. The topological polar surface area (TPSA) is 92.5 Å². The normalized spacial score (nSPS) is 18.0. The van der Waals surface area contributed by atoms with E-state index in [0.717, 1.165) is 10.4 Å². The molecule has 0 unspecified atom stereocenters. The van der Waals surface area contributed by atoms with Crippen LogP contribution in [-0.4, -0.2) is 36.4 Å². The number of carbonyl (C=O) groups is 1. The first-order valence-corrected chi connectivity index (χ1v) is 9.47. The van der Waals surface area contributed by atoms with Gasteiger partial charge in [0.1, 0.15) is 16.6 Å². The number of hydrogen-bond acceptors (Lipinski definition) is 5. The number of hydrogen-bond donors (Lipinski definition) is 1. The van der Waals surface area contributed by atoms with Crippen LogP contribution in [0.5, 0.6) is 0 Å². The van der Waals surface area contributed by atoms with Crippen LogP contribution in [0.3, 0.4) is 0 Å². The summed E-state index contributed by atoms with van der Waals surface area (Å²) in [4.78, 5) is 12.4. The van der Waals surface area contributed by atoms with Crippen molar-refractivity contribution in [3.63, 3.8) is 0 Å². The summed E-state index contributed by atoms with van der Waals surface area (Å²) < 4.78 is 71.9. The van der Waals surface area contributed by atoms with Crippen molar-refractivity contribution in [2.75, 3.05) is 11.9 Å². The molecule has 11 heteroatoms. The zero-order valence-electron chi connectivity index (χ0n) is 14.4. The Kier molecular flexibility index (Phi) is 5.00. The van der Waals surface area contributed by atoms with Gasteiger partial charge in [0.05, 0.1) is 5.69 Å². The molecule has 0 spiro atoms. The lowest BCUT2D eigenvalue weighted by atomic mass is 10.2. The van der Waals surface area contributed by atoms with E-state index in [2.05, 4.69) is 10.5 Å². The van der Waals surface area contributed by atoms with Crippen molar-refractivity contribution < 1.29 is 30.9 Å². The largest absolute Gasteiger partial charge is 0.360 e. The summed E-state index contributed by atoms with van der Waals surface area (Å²) >= 11 is 0. The maximum Gasteiger partial charge on any atom is 0.249 e. The number of nitrogens with one attached hydrogen (secondary N) is 1. The van der Waals surface area contributed by atoms with Crippen LogP contribution in [0.25, 0.3) is 0 Å². The highest BCUT2D eigenvalue weighted by atomic mass is 32.2. The number of anilines is 1. The van der Waals surface area contributed by atoms with Crippen LogP contribution in [0.15, 0.2) is 21.6 Å². The Hall–Kier alpha value is -2.40. The zero-order chi connectivity index (χ0) is 19.9. The van der Waals surface area contributed by atoms with Gasteiger partial charge in [0, 0.05) is 6.54 Å². The monoisotopic (exact) mass is 403 g/mol. The highest BCUT2D eigenvalue weighted by Crippen LogP contribution is 2.30. The van der Waals surface area contributed by atoms with E-state index in [0.29, 0.717) is 12.5 Å². The Morgan fingerprint density at radius 2 is 1.96 bits per heavy atom. The summed E-state index contributed by atoms with van der Waals surface area (Å²) in [5.41, 5.74) is -0.411. The fraction of sp³-hybridized carbons (Fsp3) is 0.375. The van der Waals surface area contributed by atoms with Crippen molar-refractivity contribution in [1.82, 2.24) is 9.46 Å². The van der Waals surface area contributed by atoms with Crippen molar-refractivity contribution in [2.24, 2.45) is 0 Å². The highest BCUT2D eigenvalue weighted by molar-refractivity contribution is 7.89. The second kappa shape index (κ2) is 6.97. The number of sulfonamides is 1. The van der Waals surface area contributed by atoms with Crippen LogP contribution in [-0.2, 0) is 14.8 Å². The van der Waals surface area contributed by atoms with Gasteiger partial charge < -0.3 is 9.84 Å². The Labute approximate surface area is 153 Å². The number of amides is 1. The molecule has 146 valence electrons. The maximum atomic E-state index is 13.8. The second-order valence-corrected chi connectivity index (χ2v) is 7.97. The summed E-state index contributed by atoms with van der Waals surface area (Å²) in [5, 5.41) is 5.74. The molecule has 1 aromatic carbocycles. The smallest absolute Gasteiger partial charge is 0.249 e. The molecule has 0 radical (unpaired) electrons. The molecule has 1 N–H and O–H groups in total. The molecule has 0 bridgehead atoms. The fourth-order valence-corrected chi connectivity index (χ4v) is 5.04. The molecule has 1 saturated heterocycles. The summed E-state index contributed by atoms with van der Waals surface area (Å²) in [5.74, 6) is -5.42. The van der Waals surface area contributed by atoms with Crippen molar-refractivity contribution in [3.05, 3.63) is 41.0 Å². The molecule has 3 rings (SSSR count). The molecule has 1 atom stereocenters. The minimum atomic E-state index is -4.08. The van der Waals surface area contributed by atoms with Crippen LogP contribution >= 0.6 is 0 Å². The number of rotatable bonds is 4. The minimum absolute atomic E-state index is 0.0741. The van der Waals surface area contributed by atoms with Crippen molar-refractivity contribution in [3.8, 4) is 0 Å². The summed E-state index contributed by atoms with van der Waals surface area (Å²) in [7, 11) is -4.08. The van der Waals surface area contributed by atoms with E-state index in [1.165, 1.54) is 13.8 Å². The van der Waals surface area contributed by atoms with Crippen LogP contribution in [0.4, 0.5) is 18.9 Å². The molecule has 2 heterocycles. The van der Waals surface area contributed by atoms with Gasteiger partial charge in [0.15, 0.2) is 23.2 Å². The highest BCUT2D eigenvalue weighted by Gasteiger charge is 2.42. The standard InChI is InChI=1S/C16H16F3N3O4S/c1-8-15(9(2)26-21-8)27(24,25)22-7-3-4-12(22)16(23)20-11-6-5-10(17)13(18)14(11)19/h5-6,12H,3-4,7H2,1-2H3,(H,20,23)/t12-/m0/s1. The molecular formula is C16H16F3N3O4S. The van der Waals surface area contributed by atoms with Crippen molar-refractivity contribution >= 4 is 21.6 Å². The molecule has 1 fully saturated rings. The van der Waals surface area contributed by atoms with Crippen molar-refractivity contribution in [1.29, 1.82) is 0 Å². The molecule has 1 aliphatic heterocycles. The van der Waals surface area contributed by atoms with Gasteiger partial charge in [-0.3, -0.25) is 4.79 Å². The van der Waals surface area contributed by atoms with Gasteiger partial charge in [-0.15, -0.1) is 0 Å². The molecule has 2 aromatic rings. The second-order valence-electron chi connectivity index (χ2n) is 6.14. The third-order valence-electron chi connectivity index (χ3n) is 4.33. The Balaban J connectivity index is 1.88. The number of carbonyl (C=O) groups excluding carboxylic acids is 1. The molecule has 27 heavy (non-hydrogen) atoms. The van der Waals surface area contributed by atoms with E-state index in [1.54, 1.807) is 0 Å². The molecular weight excluding hydrogens is 387 g/mol. The van der Waals surface area contributed by atoms with E-state index in [-0.39, 0.29) is 29.3 Å². The predicted molar refractivity (Wildman–Crippen MR) is 87.8 cm³/mol. The number of halogens is 3. The number of aryl methyl sites for hydroxylation is 2. The Morgan fingerprint density at radius 3 is 2.59 bits per heavy atom. The van der Waals surface area contributed by atoms with Gasteiger partial charge in [-0.1, -0.05) is 5.16 Å². The van der Waals surface area contributed by atoms with Gasteiger partial charge in [0.25, 0.3) is 0 Å². The first-order chi connectivity index (χ1) is 12.6. The lowest BCUT2D eigenvalue weighted by Gasteiger charge is -2.23. The first-order valence-electron chi connectivity index (χ1n) is 8.03. The number of aromatic nitrogens is 1. The van der Waals surface area contributed by atoms with Gasteiger partial charge in [-0.05, 0) is 38.8 Å². The van der Waals surface area contributed by atoms with Gasteiger partial charge >= 0.3 is 0 Å². The molecule has 7 nitrogen and oxygen atoms in total. The van der Waals surface area contributed by atoms with Crippen LogP contribution < -0.4 is 5.32 Å². The Bertz CT molecular complexity index is 987. The minimum Gasteiger partial charge on any atom is -0.360 e. The van der Waals surface area contributed by atoms with Crippen LogP contribution in [0.1, 0.15) is 24.3 Å². The third kappa shape index (κ3) is 3.32. The van der Waals surface area contributed by atoms with Crippen molar-refractivity contribution in [2.45, 2.75) is 37.6 Å². The molecule has 1 aromatic heterocycles. The SMILES string of the molecule is Cc1noc(C)c1S(=O)(=O)N1CCC[C@H]1C(=O)Nc1ccc(F)c(F)c1F. The lowest BCUT2D eigenvalue weighted by Crippen LogP contribution is -2.43. The van der Waals surface area contributed by atoms with E-state index >= 15 is 0 Å². The van der Waals surface area contributed by atoms with E-state index in [1.807, 2.05) is 0 Å². The maximum absolute atomic E-state index is 13.8. The number of benzene rings is 1. The van der Waals surface area contributed by atoms with Crippen LogP contribution in [0, 0.1) is 31.3 Å². The number of nitrogens with zero attached hydrogens (tertiary/aromatic N) is 2. The third-order valence-corrected chi connectivity index (χ3v) is 6.49. The average molecular weight is 403 g/mol. The predicted octanol–water partition coefficient (Wildman–Crippen LogP) is 2.50. The first kappa shape index (κ1) is 19.4. The molecule has 0 aliphatic carbocycles. The van der Waals surface area contributed by atoms with E-state index in [9.17, 15) is 26.4 Å². The molecule has 1 amide bonds.